The number of hydrogen-bond acceptors (Lipinski definition) is 6. The van der Waals surface area contributed by atoms with Gasteiger partial charge in [0.05, 0.1) is 23.6 Å². The van der Waals surface area contributed by atoms with E-state index >= 15 is 0 Å². The van der Waals surface area contributed by atoms with Crippen LogP contribution >= 0.6 is 11.8 Å². The van der Waals surface area contributed by atoms with Gasteiger partial charge in [-0.1, -0.05) is 32.9 Å². The van der Waals surface area contributed by atoms with E-state index in [0.717, 1.165) is 0 Å². The van der Waals surface area contributed by atoms with Crippen LogP contribution in [0.15, 0.2) is 52.0 Å². The Bertz CT molecular complexity index is 824. The molecule has 0 saturated heterocycles. The number of Topliss-reactive ketones (excluding diaryl/α,β-unsaturated/α-hetero) is 1. The number of thioether (sulfide) groups is 1. The van der Waals surface area contributed by atoms with E-state index in [2.05, 4.69) is 5.32 Å². The van der Waals surface area contributed by atoms with Crippen LogP contribution in [0.5, 0.6) is 0 Å². The van der Waals surface area contributed by atoms with Crippen LogP contribution < -0.4 is 5.32 Å². The molecule has 7 heteroatoms. The zero-order valence-corrected chi connectivity index (χ0v) is 17.3. The SMILES string of the molecule is CC(Sc1ccccc1C(=O)OCC(=O)C(C)(C)C)C(=O)NCc1ccco1. The number of ether oxygens (including phenoxy) is 1. The molecule has 6 nitrogen and oxygen atoms in total. The summed E-state index contributed by atoms with van der Waals surface area (Å²) >= 11 is 1.26. The van der Waals surface area contributed by atoms with Crippen molar-refractivity contribution in [1.29, 1.82) is 0 Å². The summed E-state index contributed by atoms with van der Waals surface area (Å²) in [5, 5.41) is 2.37. The van der Waals surface area contributed by atoms with Crippen molar-refractivity contribution in [3.8, 4) is 0 Å². The second-order valence-electron chi connectivity index (χ2n) is 7.30. The van der Waals surface area contributed by atoms with Crippen molar-refractivity contribution in [2.45, 2.75) is 44.4 Å². The van der Waals surface area contributed by atoms with Crippen molar-refractivity contribution < 1.29 is 23.5 Å². The lowest BCUT2D eigenvalue weighted by molar-refractivity contribution is -0.129. The molecule has 1 heterocycles. The molecule has 2 rings (SSSR count). The van der Waals surface area contributed by atoms with Gasteiger partial charge in [0.25, 0.3) is 0 Å². The van der Waals surface area contributed by atoms with Crippen molar-refractivity contribution in [1.82, 2.24) is 5.32 Å². The van der Waals surface area contributed by atoms with Crippen molar-refractivity contribution in [2.75, 3.05) is 6.61 Å². The van der Waals surface area contributed by atoms with Crippen LogP contribution in [0.2, 0.25) is 0 Å². The molecule has 0 radical (unpaired) electrons. The molecule has 0 aliphatic carbocycles. The van der Waals surface area contributed by atoms with Crippen LogP contribution in [-0.4, -0.2) is 29.5 Å². The van der Waals surface area contributed by atoms with Gasteiger partial charge in [0.1, 0.15) is 5.76 Å². The van der Waals surface area contributed by atoms with E-state index in [9.17, 15) is 14.4 Å². The van der Waals surface area contributed by atoms with Crippen LogP contribution in [-0.2, 0) is 20.9 Å². The van der Waals surface area contributed by atoms with Crippen molar-refractivity contribution >= 4 is 29.4 Å². The summed E-state index contributed by atoms with van der Waals surface area (Å²) in [6.07, 6.45) is 1.55. The van der Waals surface area contributed by atoms with Crippen LogP contribution in [0.4, 0.5) is 0 Å². The van der Waals surface area contributed by atoms with Crippen LogP contribution in [0.3, 0.4) is 0 Å². The number of furan rings is 1. The van der Waals surface area contributed by atoms with Gasteiger partial charge < -0.3 is 14.5 Å². The summed E-state index contributed by atoms with van der Waals surface area (Å²) in [6, 6.07) is 10.4. The van der Waals surface area contributed by atoms with Crippen LogP contribution in [0.25, 0.3) is 0 Å². The van der Waals surface area contributed by atoms with E-state index < -0.39 is 16.6 Å². The van der Waals surface area contributed by atoms with Gasteiger partial charge in [-0.05, 0) is 31.2 Å². The fraction of sp³-hybridized carbons (Fsp3) is 0.381. The first-order valence-electron chi connectivity index (χ1n) is 8.94. The standard InChI is InChI=1S/C21H25NO5S/c1-14(19(24)22-12-15-8-7-11-26-15)28-17-10-6-5-9-16(17)20(25)27-13-18(23)21(2,3)4/h5-11,14H,12-13H2,1-4H3,(H,22,24). The molecule has 0 spiro atoms. The Morgan fingerprint density at radius 2 is 1.86 bits per heavy atom. The fourth-order valence-corrected chi connectivity index (χ4v) is 3.15. The molecule has 28 heavy (non-hydrogen) atoms. The Kier molecular flexibility index (Phi) is 7.45. The number of benzene rings is 1. The molecule has 1 aromatic heterocycles. The number of ketones is 1. The molecular weight excluding hydrogens is 378 g/mol. The number of carbonyl (C=O) groups is 3. The second kappa shape index (κ2) is 9.59. The molecule has 150 valence electrons. The minimum absolute atomic E-state index is 0.156. The molecule has 0 saturated carbocycles. The summed E-state index contributed by atoms with van der Waals surface area (Å²) in [5.41, 5.74) is -0.241. The third-order valence-electron chi connectivity index (χ3n) is 3.97. The molecule has 0 bridgehead atoms. The fourth-order valence-electron chi connectivity index (χ4n) is 2.14. The predicted octanol–water partition coefficient (Wildman–Crippen LogP) is 3.85. The summed E-state index contributed by atoms with van der Waals surface area (Å²) in [4.78, 5) is 37.3. The molecule has 1 amide bonds. The van der Waals surface area contributed by atoms with Crippen LogP contribution in [0.1, 0.15) is 43.8 Å². The molecule has 1 atom stereocenters. The smallest absolute Gasteiger partial charge is 0.339 e. The van der Waals surface area contributed by atoms with E-state index in [1.54, 1.807) is 70.4 Å². The lowest BCUT2D eigenvalue weighted by Gasteiger charge is -2.17. The summed E-state index contributed by atoms with van der Waals surface area (Å²) in [7, 11) is 0. The number of carbonyl (C=O) groups excluding carboxylic acids is 3. The Balaban J connectivity index is 1.97. The molecule has 2 aromatic rings. The molecule has 0 aliphatic heterocycles. The monoisotopic (exact) mass is 403 g/mol. The lowest BCUT2D eigenvalue weighted by Crippen LogP contribution is -2.30. The van der Waals surface area contributed by atoms with Gasteiger partial charge in [0.15, 0.2) is 12.4 Å². The third kappa shape index (κ3) is 6.27. The Labute approximate surface area is 169 Å². The van der Waals surface area contributed by atoms with Gasteiger partial charge in [0.2, 0.25) is 5.91 Å². The van der Waals surface area contributed by atoms with Gasteiger partial charge in [-0.25, -0.2) is 4.79 Å². The first kappa shape index (κ1) is 21.8. The van der Waals surface area contributed by atoms with E-state index in [1.165, 1.54) is 11.8 Å². The van der Waals surface area contributed by atoms with E-state index in [-0.39, 0.29) is 18.3 Å². The van der Waals surface area contributed by atoms with Crippen molar-refractivity contribution in [3.05, 3.63) is 54.0 Å². The molecule has 1 N–H and O–H groups in total. The highest BCUT2D eigenvalue weighted by Crippen LogP contribution is 2.28. The highest BCUT2D eigenvalue weighted by molar-refractivity contribution is 8.00. The van der Waals surface area contributed by atoms with E-state index in [0.29, 0.717) is 22.8 Å². The average molecular weight is 404 g/mol. The molecule has 1 aromatic carbocycles. The number of nitrogens with one attached hydrogen (secondary N) is 1. The largest absolute Gasteiger partial charge is 0.467 e. The normalized spacial score (nSPS) is 12.3. The maximum Gasteiger partial charge on any atom is 0.339 e. The Morgan fingerprint density at radius 3 is 2.50 bits per heavy atom. The van der Waals surface area contributed by atoms with E-state index in [4.69, 9.17) is 9.15 Å². The summed E-state index contributed by atoms with van der Waals surface area (Å²) in [5.74, 6) is -0.244. The first-order chi connectivity index (χ1) is 13.2. The molecular formula is C21H25NO5S. The minimum atomic E-state index is -0.580. The van der Waals surface area contributed by atoms with Crippen LogP contribution in [0, 0.1) is 5.41 Å². The Hall–Kier alpha value is -2.54. The minimum Gasteiger partial charge on any atom is -0.467 e. The molecule has 0 aliphatic rings. The predicted molar refractivity (Wildman–Crippen MR) is 107 cm³/mol. The van der Waals surface area contributed by atoms with Gasteiger partial charge in [-0.15, -0.1) is 11.8 Å². The first-order valence-corrected chi connectivity index (χ1v) is 9.82. The number of esters is 1. The number of amides is 1. The highest BCUT2D eigenvalue weighted by atomic mass is 32.2. The van der Waals surface area contributed by atoms with Gasteiger partial charge in [-0.3, -0.25) is 9.59 Å². The third-order valence-corrected chi connectivity index (χ3v) is 5.15. The maximum atomic E-state index is 12.4. The summed E-state index contributed by atoms with van der Waals surface area (Å²) < 4.78 is 10.4. The average Bonchev–Trinajstić information content (AvgIpc) is 3.17. The van der Waals surface area contributed by atoms with Gasteiger partial charge in [-0.2, -0.15) is 0 Å². The highest BCUT2D eigenvalue weighted by Gasteiger charge is 2.24. The molecule has 1 unspecified atom stereocenters. The zero-order valence-electron chi connectivity index (χ0n) is 16.5. The summed E-state index contributed by atoms with van der Waals surface area (Å²) in [6.45, 7) is 7.10. The van der Waals surface area contributed by atoms with Gasteiger partial charge >= 0.3 is 5.97 Å². The van der Waals surface area contributed by atoms with E-state index in [1.807, 2.05) is 0 Å². The molecule has 0 fully saturated rings. The van der Waals surface area contributed by atoms with Crippen molar-refractivity contribution in [3.63, 3.8) is 0 Å². The van der Waals surface area contributed by atoms with Crippen molar-refractivity contribution in [2.24, 2.45) is 5.41 Å². The number of hydrogen-bond donors (Lipinski definition) is 1. The maximum absolute atomic E-state index is 12.4. The number of rotatable bonds is 8. The van der Waals surface area contributed by atoms with Gasteiger partial charge in [0, 0.05) is 10.3 Å². The zero-order chi connectivity index (χ0) is 20.7. The second-order valence-corrected chi connectivity index (χ2v) is 8.69. The quantitative estimate of drug-likeness (QED) is 0.532. The Morgan fingerprint density at radius 1 is 1.14 bits per heavy atom. The lowest BCUT2D eigenvalue weighted by atomic mass is 9.91. The topological polar surface area (TPSA) is 85.6 Å².